The van der Waals surface area contributed by atoms with Crippen LogP contribution in [0.15, 0.2) is 12.1 Å². The Morgan fingerprint density at radius 3 is 2.26 bits per heavy atom. The lowest BCUT2D eigenvalue weighted by molar-refractivity contribution is -0.130. The molecule has 0 radical (unpaired) electrons. The number of benzene rings is 1. The van der Waals surface area contributed by atoms with Crippen molar-refractivity contribution in [2.45, 2.75) is 89.1 Å². The largest absolute Gasteiger partial charge is 0.472 e. The highest BCUT2D eigenvalue weighted by atomic mass is 16.5. The second-order valence-corrected chi connectivity index (χ2v) is 9.62. The molecule has 0 spiro atoms. The predicted molar refractivity (Wildman–Crippen MR) is 108 cm³/mol. The van der Waals surface area contributed by atoms with Crippen LogP contribution in [0.4, 0.5) is 0 Å². The van der Waals surface area contributed by atoms with Gasteiger partial charge in [0.25, 0.3) is 0 Å². The lowest BCUT2D eigenvalue weighted by atomic mass is 9.62. The van der Waals surface area contributed by atoms with E-state index in [0.717, 1.165) is 19.3 Å². The Balaban J connectivity index is 2.15. The third-order valence-electron chi connectivity index (χ3n) is 6.96. The van der Waals surface area contributed by atoms with Gasteiger partial charge < -0.3 is 9.84 Å². The van der Waals surface area contributed by atoms with Crippen LogP contribution in [0.25, 0.3) is 0 Å². The van der Waals surface area contributed by atoms with Crippen molar-refractivity contribution in [2.75, 3.05) is 7.11 Å². The molecule has 2 aliphatic carbocycles. The Morgan fingerprint density at radius 2 is 1.70 bits per heavy atom. The van der Waals surface area contributed by atoms with Crippen LogP contribution < -0.4 is 0 Å². The maximum atomic E-state index is 11.0. The number of hydrogen-bond donors (Lipinski definition) is 1. The van der Waals surface area contributed by atoms with Crippen molar-refractivity contribution in [2.24, 2.45) is 0 Å². The number of methoxy groups -OCH3 is 1. The van der Waals surface area contributed by atoms with Gasteiger partial charge in [-0.3, -0.25) is 0 Å². The molecule has 1 saturated carbocycles. The Morgan fingerprint density at radius 1 is 1.11 bits per heavy atom. The maximum Gasteiger partial charge on any atom is 0.382 e. The highest BCUT2D eigenvalue weighted by molar-refractivity contribution is 5.86. The Bertz CT molecular complexity index is 822. The van der Waals surface area contributed by atoms with Crippen LogP contribution in [-0.2, 0) is 20.4 Å². The average molecular weight is 369 g/mol. The number of carboxylic acids is 1. The van der Waals surface area contributed by atoms with Gasteiger partial charge in [0, 0.05) is 18.9 Å². The lowest BCUT2D eigenvalue weighted by Gasteiger charge is -2.43. The first-order valence-electron chi connectivity index (χ1n) is 9.99. The second kappa shape index (κ2) is 6.67. The van der Waals surface area contributed by atoms with Crippen LogP contribution in [0.1, 0.15) is 88.0 Å². The van der Waals surface area contributed by atoms with Gasteiger partial charge in [-0.15, -0.1) is 0 Å². The molecule has 146 valence electrons. The van der Waals surface area contributed by atoms with Gasteiger partial charge in [-0.25, -0.2) is 4.79 Å². The van der Waals surface area contributed by atoms with Crippen molar-refractivity contribution < 1.29 is 14.6 Å². The fourth-order valence-electron chi connectivity index (χ4n) is 5.10. The van der Waals surface area contributed by atoms with Crippen LogP contribution in [0, 0.1) is 18.8 Å². The Kier molecular flexibility index (Phi) is 4.93. The van der Waals surface area contributed by atoms with Crippen molar-refractivity contribution >= 4 is 5.97 Å². The van der Waals surface area contributed by atoms with E-state index >= 15 is 0 Å². The fourth-order valence-corrected chi connectivity index (χ4v) is 5.10. The molecular formula is C24H32O3. The summed E-state index contributed by atoms with van der Waals surface area (Å²) in [6.45, 7) is 11.5. The minimum absolute atomic E-state index is 0.112. The summed E-state index contributed by atoms with van der Waals surface area (Å²) in [5, 5.41) is 9.05. The summed E-state index contributed by atoms with van der Waals surface area (Å²) in [6.07, 6.45) is 5.12. The molecule has 3 nitrogen and oxygen atoms in total. The van der Waals surface area contributed by atoms with Gasteiger partial charge in [0.15, 0.2) is 0 Å². The zero-order chi connectivity index (χ0) is 20.0. The molecule has 0 saturated heterocycles. The number of carboxylic acid groups (broad SMARTS) is 1. The average Bonchev–Trinajstić information content (AvgIpc) is 3.01. The molecule has 1 fully saturated rings. The molecule has 1 N–H and O–H groups in total. The highest BCUT2D eigenvalue weighted by Crippen LogP contribution is 2.50. The molecule has 1 aromatic carbocycles. The van der Waals surface area contributed by atoms with Gasteiger partial charge in [0.1, 0.15) is 5.60 Å². The van der Waals surface area contributed by atoms with E-state index in [1.807, 2.05) is 0 Å². The molecule has 2 aliphatic rings. The smallest absolute Gasteiger partial charge is 0.382 e. The number of aryl methyl sites for hydroxylation is 1. The molecule has 3 rings (SSSR count). The first kappa shape index (κ1) is 20.0. The van der Waals surface area contributed by atoms with Gasteiger partial charge >= 0.3 is 5.97 Å². The van der Waals surface area contributed by atoms with Crippen LogP contribution >= 0.6 is 0 Å². The zero-order valence-corrected chi connectivity index (χ0v) is 17.5. The van der Waals surface area contributed by atoms with Crippen LogP contribution in [0.5, 0.6) is 0 Å². The summed E-state index contributed by atoms with van der Waals surface area (Å²) < 4.78 is 5.87. The van der Waals surface area contributed by atoms with Crippen molar-refractivity contribution in [1.82, 2.24) is 0 Å². The van der Waals surface area contributed by atoms with Crippen LogP contribution in [0.3, 0.4) is 0 Å². The molecule has 0 aromatic heterocycles. The summed E-state index contributed by atoms with van der Waals surface area (Å²) in [7, 11) is 1.66. The number of rotatable bonds is 2. The number of ether oxygens (including phenoxy) is 1. The first-order valence-corrected chi connectivity index (χ1v) is 9.99. The minimum Gasteiger partial charge on any atom is -0.472 e. The molecule has 0 aliphatic heterocycles. The summed E-state index contributed by atoms with van der Waals surface area (Å²) in [6, 6.07) is 4.76. The molecule has 2 unspecified atom stereocenters. The van der Waals surface area contributed by atoms with E-state index in [1.54, 1.807) is 7.11 Å². The van der Waals surface area contributed by atoms with E-state index in [9.17, 15) is 4.79 Å². The predicted octanol–water partition coefficient (Wildman–Crippen LogP) is 5.08. The van der Waals surface area contributed by atoms with Crippen LogP contribution in [0.2, 0.25) is 0 Å². The molecule has 0 bridgehead atoms. The number of fused-ring (bicyclic) bond motifs is 1. The van der Waals surface area contributed by atoms with E-state index in [4.69, 9.17) is 9.84 Å². The monoisotopic (exact) mass is 368 g/mol. The van der Waals surface area contributed by atoms with Gasteiger partial charge in [-0.2, -0.15) is 0 Å². The van der Waals surface area contributed by atoms with Crippen molar-refractivity contribution in [3.05, 3.63) is 34.4 Å². The quantitative estimate of drug-likeness (QED) is 0.740. The van der Waals surface area contributed by atoms with Gasteiger partial charge in [-0.1, -0.05) is 45.7 Å². The fraction of sp³-hybridized carbons (Fsp3) is 0.625. The van der Waals surface area contributed by atoms with E-state index in [1.165, 1.54) is 35.1 Å². The van der Waals surface area contributed by atoms with E-state index in [-0.39, 0.29) is 16.7 Å². The minimum atomic E-state index is -1.10. The highest BCUT2D eigenvalue weighted by Gasteiger charge is 2.45. The summed E-state index contributed by atoms with van der Waals surface area (Å²) in [4.78, 5) is 11.0. The van der Waals surface area contributed by atoms with Crippen molar-refractivity contribution in [1.29, 1.82) is 0 Å². The molecular weight excluding hydrogens is 336 g/mol. The van der Waals surface area contributed by atoms with E-state index in [0.29, 0.717) is 0 Å². The van der Waals surface area contributed by atoms with E-state index < -0.39 is 11.6 Å². The number of aliphatic carboxylic acids is 1. The summed E-state index contributed by atoms with van der Waals surface area (Å²) in [5.74, 6) is 4.31. The molecule has 2 atom stereocenters. The molecule has 3 heteroatoms. The van der Waals surface area contributed by atoms with Gasteiger partial charge in [0.05, 0.1) is 0 Å². The standard InChI is InChI=1S/C24H32O3/c1-16-14-19-20(23(4,5)13-12-22(19,2)3)15-17(16)18-8-7-10-24(18,27-6)11-9-21(25)26/h14-15,18H,7-8,10,12-13H2,1-6H3,(H,25,26). The number of carbonyl (C=O) groups is 1. The van der Waals surface area contributed by atoms with E-state index in [2.05, 4.69) is 58.6 Å². The molecule has 27 heavy (non-hydrogen) atoms. The second-order valence-electron chi connectivity index (χ2n) is 9.62. The third-order valence-corrected chi connectivity index (χ3v) is 6.96. The zero-order valence-electron chi connectivity index (χ0n) is 17.5. The summed E-state index contributed by atoms with van der Waals surface area (Å²) in [5.41, 5.74) is 5.06. The SMILES string of the molecule is COC1(C#CC(=O)O)CCCC1c1cc2c(cc1C)C(C)(C)CCC2(C)C. The topological polar surface area (TPSA) is 46.5 Å². The van der Waals surface area contributed by atoms with Crippen LogP contribution in [-0.4, -0.2) is 23.8 Å². The molecule has 1 aromatic rings. The lowest BCUT2D eigenvalue weighted by Crippen LogP contribution is -2.36. The molecule has 0 amide bonds. The third kappa shape index (κ3) is 3.41. The normalized spacial score (nSPS) is 28.1. The molecule has 0 heterocycles. The first-order chi connectivity index (χ1) is 12.5. The van der Waals surface area contributed by atoms with Crippen molar-refractivity contribution in [3.8, 4) is 11.8 Å². The number of hydrogen-bond acceptors (Lipinski definition) is 2. The Hall–Kier alpha value is -1.79. The van der Waals surface area contributed by atoms with Crippen molar-refractivity contribution in [3.63, 3.8) is 0 Å². The summed E-state index contributed by atoms with van der Waals surface area (Å²) >= 11 is 0. The maximum absolute atomic E-state index is 11.0. The van der Waals surface area contributed by atoms with Gasteiger partial charge in [-0.05, 0) is 72.1 Å². The van der Waals surface area contributed by atoms with Gasteiger partial charge in [0.2, 0.25) is 0 Å². The Labute approximate surface area is 163 Å².